The Morgan fingerprint density at radius 2 is 2.17 bits per heavy atom. The van der Waals surface area contributed by atoms with E-state index in [-0.39, 0.29) is 12.4 Å². The lowest BCUT2D eigenvalue weighted by Gasteiger charge is -2.05. The van der Waals surface area contributed by atoms with Crippen LogP contribution in [0.5, 0.6) is 0 Å². The van der Waals surface area contributed by atoms with E-state index < -0.39 is 5.97 Å². The zero-order valence-electron chi connectivity index (χ0n) is 12.8. The van der Waals surface area contributed by atoms with Gasteiger partial charge in [0.25, 0.3) is 0 Å². The molecule has 0 aliphatic heterocycles. The van der Waals surface area contributed by atoms with Gasteiger partial charge in [-0.15, -0.1) is 11.3 Å². The molecule has 4 nitrogen and oxygen atoms in total. The number of aromatic nitrogens is 2. The van der Waals surface area contributed by atoms with Crippen molar-refractivity contribution in [3.05, 3.63) is 53.4 Å². The van der Waals surface area contributed by atoms with Crippen LogP contribution in [0.25, 0.3) is 32.2 Å². The zero-order chi connectivity index (χ0) is 16.8. The quantitative estimate of drug-likeness (QED) is 0.599. The van der Waals surface area contributed by atoms with Gasteiger partial charge in [0.2, 0.25) is 0 Å². The lowest BCUT2D eigenvalue weighted by atomic mass is 10.0. The van der Waals surface area contributed by atoms with E-state index in [1.165, 1.54) is 23.5 Å². The van der Waals surface area contributed by atoms with E-state index >= 15 is 0 Å². The van der Waals surface area contributed by atoms with Gasteiger partial charge in [-0.1, -0.05) is 0 Å². The van der Waals surface area contributed by atoms with Gasteiger partial charge in [0.05, 0.1) is 0 Å². The average molecular weight is 340 g/mol. The molecular weight excluding hydrogens is 327 g/mol. The molecule has 24 heavy (non-hydrogen) atoms. The molecule has 0 saturated carbocycles. The largest absolute Gasteiger partial charge is 0.480 e. The highest BCUT2D eigenvalue weighted by molar-refractivity contribution is 7.17. The summed E-state index contributed by atoms with van der Waals surface area (Å²) >= 11 is 1.52. The minimum atomic E-state index is -0.928. The van der Waals surface area contributed by atoms with Gasteiger partial charge < -0.3 is 9.67 Å². The molecule has 0 aliphatic carbocycles. The molecule has 0 amide bonds. The van der Waals surface area contributed by atoms with Crippen LogP contribution >= 0.6 is 11.3 Å². The predicted molar refractivity (Wildman–Crippen MR) is 92.9 cm³/mol. The molecule has 0 saturated heterocycles. The highest BCUT2D eigenvalue weighted by Crippen LogP contribution is 2.40. The van der Waals surface area contributed by atoms with E-state index in [0.717, 1.165) is 37.9 Å². The number of benzene rings is 1. The normalized spacial score (nSPS) is 11.4. The smallest absolute Gasteiger partial charge is 0.323 e. The standard InChI is InChI=1S/C18H13FN2O2S/c1-10-17(14-9-24-18-12(14)3-2-6-20-18)13-7-11(19)4-5-15(13)21(10)8-16(22)23/h2-7,9H,8H2,1H3,(H,22,23). The highest BCUT2D eigenvalue weighted by Gasteiger charge is 2.20. The topological polar surface area (TPSA) is 55.1 Å². The molecule has 4 aromatic rings. The molecule has 0 atom stereocenters. The minimum absolute atomic E-state index is 0.158. The van der Waals surface area contributed by atoms with Crippen LogP contribution in [0.3, 0.4) is 0 Å². The summed E-state index contributed by atoms with van der Waals surface area (Å²) in [5.74, 6) is -1.27. The van der Waals surface area contributed by atoms with Gasteiger partial charge >= 0.3 is 5.97 Å². The molecule has 0 bridgehead atoms. The summed E-state index contributed by atoms with van der Waals surface area (Å²) in [5, 5.41) is 12.9. The minimum Gasteiger partial charge on any atom is -0.480 e. The van der Waals surface area contributed by atoms with Crippen molar-refractivity contribution in [2.24, 2.45) is 0 Å². The summed E-state index contributed by atoms with van der Waals surface area (Å²) in [6.45, 7) is 1.71. The zero-order valence-corrected chi connectivity index (χ0v) is 13.6. The molecule has 0 fully saturated rings. The van der Waals surface area contributed by atoms with Crippen molar-refractivity contribution in [1.29, 1.82) is 0 Å². The number of fused-ring (bicyclic) bond motifs is 2. The number of carboxylic acids is 1. The molecule has 6 heteroatoms. The van der Waals surface area contributed by atoms with Crippen molar-refractivity contribution in [2.45, 2.75) is 13.5 Å². The van der Waals surface area contributed by atoms with Crippen molar-refractivity contribution < 1.29 is 14.3 Å². The number of hydrogen-bond acceptors (Lipinski definition) is 3. The first-order chi connectivity index (χ1) is 11.6. The maximum absolute atomic E-state index is 13.8. The number of pyridine rings is 1. The molecule has 0 unspecified atom stereocenters. The maximum Gasteiger partial charge on any atom is 0.323 e. The third-order valence-electron chi connectivity index (χ3n) is 4.20. The number of hydrogen-bond donors (Lipinski definition) is 1. The van der Waals surface area contributed by atoms with E-state index in [1.807, 2.05) is 24.4 Å². The number of thiophene rings is 1. The third-order valence-corrected chi connectivity index (χ3v) is 5.10. The van der Waals surface area contributed by atoms with Crippen LogP contribution in [0.1, 0.15) is 5.69 Å². The Hall–Kier alpha value is -2.73. The summed E-state index contributed by atoms with van der Waals surface area (Å²) in [6, 6.07) is 8.31. The Labute approximate surface area is 140 Å². The van der Waals surface area contributed by atoms with E-state index in [1.54, 1.807) is 16.8 Å². The first kappa shape index (κ1) is 14.8. The lowest BCUT2D eigenvalue weighted by molar-refractivity contribution is -0.137. The Kier molecular flexibility index (Phi) is 3.35. The maximum atomic E-state index is 13.8. The Balaban J connectivity index is 2.09. The van der Waals surface area contributed by atoms with Crippen LogP contribution < -0.4 is 0 Å². The number of carboxylic acid groups (broad SMARTS) is 1. The second kappa shape index (κ2) is 5.42. The lowest BCUT2D eigenvalue weighted by Crippen LogP contribution is -2.09. The molecule has 1 N–H and O–H groups in total. The summed E-state index contributed by atoms with van der Waals surface area (Å²) < 4.78 is 15.6. The molecule has 3 heterocycles. The van der Waals surface area contributed by atoms with Crippen LogP contribution in [0.4, 0.5) is 4.39 Å². The number of halogens is 1. The summed E-state index contributed by atoms with van der Waals surface area (Å²) in [7, 11) is 0. The van der Waals surface area contributed by atoms with E-state index in [4.69, 9.17) is 0 Å². The van der Waals surface area contributed by atoms with Gasteiger partial charge in [-0.3, -0.25) is 4.79 Å². The SMILES string of the molecule is Cc1c(-c2csc3ncccc23)c2cc(F)ccc2n1CC(=O)O. The molecule has 0 aliphatic rings. The first-order valence-corrected chi connectivity index (χ1v) is 8.27. The predicted octanol–water partition coefficient (Wildman–Crippen LogP) is 4.45. The molecule has 120 valence electrons. The molecule has 0 spiro atoms. The fourth-order valence-corrected chi connectivity index (χ4v) is 4.10. The van der Waals surface area contributed by atoms with Gasteiger partial charge in [-0.05, 0) is 37.3 Å². The van der Waals surface area contributed by atoms with Crippen molar-refractivity contribution in [3.63, 3.8) is 0 Å². The van der Waals surface area contributed by atoms with Gasteiger partial charge in [0.1, 0.15) is 17.2 Å². The fraction of sp³-hybridized carbons (Fsp3) is 0.111. The molecule has 1 aromatic carbocycles. The third kappa shape index (κ3) is 2.18. The van der Waals surface area contributed by atoms with Gasteiger partial charge in [0, 0.05) is 44.7 Å². The van der Waals surface area contributed by atoms with Crippen molar-refractivity contribution in [1.82, 2.24) is 9.55 Å². The van der Waals surface area contributed by atoms with Crippen molar-refractivity contribution >= 4 is 38.4 Å². The summed E-state index contributed by atoms with van der Waals surface area (Å²) in [5.41, 5.74) is 3.35. The fourth-order valence-electron chi connectivity index (χ4n) is 3.19. The monoisotopic (exact) mass is 340 g/mol. The second-order valence-electron chi connectivity index (χ2n) is 5.61. The average Bonchev–Trinajstić information content (AvgIpc) is 3.07. The molecule has 3 aromatic heterocycles. The molecule has 0 radical (unpaired) electrons. The van der Waals surface area contributed by atoms with Crippen LogP contribution in [-0.4, -0.2) is 20.6 Å². The van der Waals surface area contributed by atoms with Crippen LogP contribution in [0.2, 0.25) is 0 Å². The van der Waals surface area contributed by atoms with Crippen LogP contribution in [0, 0.1) is 12.7 Å². The van der Waals surface area contributed by atoms with Crippen molar-refractivity contribution in [2.75, 3.05) is 0 Å². The van der Waals surface area contributed by atoms with Crippen molar-refractivity contribution in [3.8, 4) is 11.1 Å². The number of rotatable bonds is 3. The van der Waals surface area contributed by atoms with Crippen LogP contribution in [0.15, 0.2) is 41.9 Å². The molecular formula is C18H13FN2O2S. The number of aliphatic carboxylic acids is 1. The van der Waals surface area contributed by atoms with E-state index in [0.29, 0.717) is 0 Å². The van der Waals surface area contributed by atoms with E-state index in [2.05, 4.69) is 4.98 Å². The Morgan fingerprint density at radius 1 is 1.33 bits per heavy atom. The van der Waals surface area contributed by atoms with Crippen LogP contribution in [-0.2, 0) is 11.3 Å². The highest BCUT2D eigenvalue weighted by atomic mass is 32.1. The summed E-state index contributed by atoms with van der Waals surface area (Å²) in [6.07, 6.45) is 1.74. The first-order valence-electron chi connectivity index (χ1n) is 7.39. The summed E-state index contributed by atoms with van der Waals surface area (Å²) in [4.78, 5) is 16.5. The Bertz CT molecular complexity index is 1100. The second-order valence-corrected chi connectivity index (χ2v) is 6.47. The van der Waals surface area contributed by atoms with E-state index in [9.17, 15) is 14.3 Å². The number of nitrogens with zero attached hydrogens (tertiary/aromatic N) is 2. The Morgan fingerprint density at radius 3 is 2.96 bits per heavy atom. The number of carbonyl (C=O) groups is 1. The van der Waals surface area contributed by atoms with Gasteiger partial charge in [-0.25, -0.2) is 9.37 Å². The van der Waals surface area contributed by atoms with Gasteiger partial charge in [0.15, 0.2) is 0 Å². The molecule has 4 rings (SSSR count). The van der Waals surface area contributed by atoms with Gasteiger partial charge in [-0.2, -0.15) is 0 Å².